The predicted octanol–water partition coefficient (Wildman–Crippen LogP) is 1.32. The average molecular weight is 269 g/mol. The molecule has 1 heterocycles. The third-order valence-corrected chi connectivity index (χ3v) is 4.97. The average Bonchev–Trinajstić information content (AvgIpc) is 2.71. The van der Waals surface area contributed by atoms with Crippen molar-refractivity contribution in [2.75, 3.05) is 24.7 Å². The van der Waals surface area contributed by atoms with E-state index in [0.29, 0.717) is 18.9 Å². The minimum Gasteiger partial charge on any atom is -0.494 e. The van der Waals surface area contributed by atoms with Crippen molar-refractivity contribution < 1.29 is 13.2 Å². The molecule has 0 radical (unpaired) electrons. The molecule has 100 valence electrons. The Hall–Kier alpha value is -1.07. The van der Waals surface area contributed by atoms with Crippen LogP contribution in [0.25, 0.3) is 0 Å². The monoisotopic (exact) mass is 269 g/mol. The van der Waals surface area contributed by atoms with Crippen molar-refractivity contribution in [1.82, 2.24) is 0 Å². The summed E-state index contributed by atoms with van der Waals surface area (Å²) in [5, 5.41) is 0. The van der Waals surface area contributed by atoms with Gasteiger partial charge in [-0.1, -0.05) is 12.1 Å². The van der Waals surface area contributed by atoms with Crippen LogP contribution in [0.2, 0.25) is 0 Å². The molecular formula is C13H19NO3S. The van der Waals surface area contributed by atoms with Crippen LogP contribution >= 0.6 is 0 Å². The van der Waals surface area contributed by atoms with Gasteiger partial charge in [0, 0.05) is 0 Å². The van der Waals surface area contributed by atoms with Gasteiger partial charge in [0.05, 0.1) is 18.1 Å². The highest BCUT2D eigenvalue weighted by Crippen LogP contribution is 2.29. The molecular weight excluding hydrogens is 250 g/mol. The number of benzene rings is 1. The summed E-state index contributed by atoms with van der Waals surface area (Å²) < 4.78 is 28.3. The lowest BCUT2D eigenvalue weighted by molar-refractivity contribution is 0.313. The number of hydrogen-bond acceptors (Lipinski definition) is 4. The van der Waals surface area contributed by atoms with Crippen LogP contribution in [0, 0.1) is 0 Å². The molecule has 1 aliphatic heterocycles. The van der Waals surface area contributed by atoms with Gasteiger partial charge in [-0.3, -0.25) is 0 Å². The van der Waals surface area contributed by atoms with Crippen molar-refractivity contribution in [3.8, 4) is 5.75 Å². The minimum absolute atomic E-state index is 0.146. The fraction of sp³-hybridized carbons (Fsp3) is 0.538. The molecule has 1 aromatic rings. The lowest BCUT2D eigenvalue weighted by Gasteiger charge is -2.10. The van der Waals surface area contributed by atoms with Gasteiger partial charge in [0.15, 0.2) is 9.84 Å². The van der Waals surface area contributed by atoms with Gasteiger partial charge in [0.2, 0.25) is 0 Å². The smallest absolute Gasteiger partial charge is 0.150 e. The lowest BCUT2D eigenvalue weighted by Crippen LogP contribution is -2.06. The Morgan fingerprint density at radius 3 is 2.56 bits per heavy atom. The Morgan fingerprint density at radius 1 is 1.28 bits per heavy atom. The largest absolute Gasteiger partial charge is 0.494 e. The molecule has 1 atom stereocenters. The second-order valence-corrected chi connectivity index (χ2v) is 6.89. The second kappa shape index (κ2) is 5.71. The Kier molecular flexibility index (Phi) is 4.24. The van der Waals surface area contributed by atoms with Crippen LogP contribution in [-0.4, -0.2) is 33.1 Å². The van der Waals surface area contributed by atoms with E-state index in [-0.39, 0.29) is 11.7 Å². The molecule has 0 aliphatic carbocycles. The van der Waals surface area contributed by atoms with E-state index in [9.17, 15) is 8.42 Å². The molecule has 0 bridgehead atoms. The van der Waals surface area contributed by atoms with E-state index in [4.69, 9.17) is 10.5 Å². The predicted molar refractivity (Wildman–Crippen MR) is 71.6 cm³/mol. The highest BCUT2D eigenvalue weighted by molar-refractivity contribution is 7.91. The van der Waals surface area contributed by atoms with Crippen LogP contribution in [0.3, 0.4) is 0 Å². The van der Waals surface area contributed by atoms with Crippen LogP contribution in [0.15, 0.2) is 24.3 Å². The van der Waals surface area contributed by atoms with E-state index < -0.39 is 9.84 Å². The summed E-state index contributed by atoms with van der Waals surface area (Å²) in [6, 6.07) is 7.72. The zero-order valence-corrected chi connectivity index (χ0v) is 11.2. The third-order valence-electron chi connectivity index (χ3n) is 3.20. The molecule has 1 aromatic carbocycles. The van der Waals surface area contributed by atoms with Crippen molar-refractivity contribution in [2.45, 2.75) is 18.8 Å². The zero-order chi connectivity index (χ0) is 13.0. The molecule has 18 heavy (non-hydrogen) atoms. The van der Waals surface area contributed by atoms with Crippen molar-refractivity contribution in [3.05, 3.63) is 29.8 Å². The van der Waals surface area contributed by atoms with Crippen molar-refractivity contribution >= 4 is 9.84 Å². The molecule has 4 nitrogen and oxygen atoms in total. The molecule has 5 heteroatoms. The highest BCUT2D eigenvalue weighted by Gasteiger charge is 2.28. The van der Waals surface area contributed by atoms with E-state index in [1.165, 1.54) is 0 Å². The van der Waals surface area contributed by atoms with Gasteiger partial charge in [-0.25, -0.2) is 8.42 Å². The van der Waals surface area contributed by atoms with E-state index in [2.05, 4.69) is 0 Å². The van der Waals surface area contributed by atoms with Crippen LogP contribution < -0.4 is 10.5 Å². The van der Waals surface area contributed by atoms with E-state index in [1.807, 2.05) is 24.3 Å². The number of hydrogen-bond donors (Lipinski definition) is 1. The maximum absolute atomic E-state index is 11.4. The fourth-order valence-electron chi connectivity index (χ4n) is 2.17. The molecule has 2 N–H and O–H groups in total. The molecule has 0 amide bonds. The van der Waals surface area contributed by atoms with Gasteiger partial charge < -0.3 is 10.5 Å². The van der Waals surface area contributed by atoms with Gasteiger partial charge in [0.1, 0.15) is 5.75 Å². The standard InChI is InChI=1S/C13H19NO3S/c14-7-1-8-17-13-4-2-11(3-5-13)12-6-9-18(15,16)10-12/h2-5,12H,1,6-10,14H2. The minimum atomic E-state index is -2.82. The summed E-state index contributed by atoms with van der Waals surface area (Å²) in [6.45, 7) is 1.24. The van der Waals surface area contributed by atoms with Crippen molar-refractivity contribution in [1.29, 1.82) is 0 Å². The topological polar surface area (TPSA) is 69.4 Å². The second-order valence-electron chi connectivity index (χ2n) is 4.66. The Morgan fingerprint density at radius 2 is 2.00 bits per heavy atom. The maximum Gasteiger partial charge on any atom is 0.150 e. The number of rotatable bonds is 5. The molecule has 1 unspecified atom stereocenters. The highest BCUT2D eigenvalue weighted by atomic mass is 32.2. The molecule has 0 aromatic heterocycles. The van der Waals surface area contributed by atoms with Crippen LogP contribution in [-0.2, 0) is 9.84 Å². The van der Waals surface area contributed by atoms with Crippen molar-refractivity contribution in [3.63, 3.8) is 0 Å². The number of sulfone groups is 1. The summed E-state index contributed by atoms with van der Waals surface area (Å²) in [4.78, 5) is 0. The normalized spacial score (nSPS) is 21.9. The summed E-state index contributed by atoms with van der Waals surface area (Å²) >= 11 is 0. The molecule has 0 spiro atoms. The summed E-state index contributed by atoms with van der Waals surface area (Å²) in [6.07, 6.45) is 1.57. The molecule has 1 fully saturated rings. The fourth-order valence-corrected chi connectivity index (χ4v) is 3.95. The third kappa shape index (κ3) is 3.46. The van der Waals surface area contributed by atoms with E-state index in [0.717, 1.165) is 24.2 Å². The molecule has 1 saturated heterocycles. The number of nitrogens with two attached hydrogens (primary N) is 1. The van der Waals surface area contributed by atoms with Crippen LogP contribution in [0.4, 0.5) is 0 Å². The first-order valence-corrected chi connectivity index (χ1v) is 8.06. The molecule has 1 aliphatic rings. The SMILES string of the molecule is NCCCOc1ccc(C2CCS(=O)(=O)C2)cc1. The van der Waals surface area contributed by atoms with Gasteiger partial charge in [0.25, 0.3) is 0 Å². The summed E-state index contributed by atoms with van der Waals surface area (Å²) in [7, 11) is -2.82. The Bertz CT molecular complexity index is 481. The Labute approximate surface area is 108 Å². The van der Waals surface area contributed by atoms with Gasteiger partial charge in [-0.15, -0.1) is 0 Å². The van der Waals surface area contributed by atoms with E-state index in [1.54, 1.807) is 0 Å². The van der Waals surface area contributed by atoms with E-state index >= 15 is 0 Å². The Balaban J connectivity index is 1.96. The first kappa shape index (κ1) is 13.4. The van der Waals surface area contributed by atoms with Crippen molar-refractivity contribution in [2.24, 2.45) is 5.73 Å². The zero-order valence-electron chi connectivity index (χ0n) is 10.3. The van der Waals surface area contributed by atoms with Gasteiger partial charge in [-0.2, -0.15) is 0 Å². The number of ether oxygens (including phenoxy) is 1. The maximum atomic E-state index is 11.4. The van der Waals surface area contributed by atoms with Gasteiger partial charge >= 0.3 is 0 Å². The van der Waals surface area contributed by atoms with Crippen LogP contribution in [0.1, 0.15) is 24.3 Å². The van der Waals surface area contributed by atoms with Crippen LogP contribution in [0.5, 0.6) is 5.75 Å². The lowest BCUT2D eigenvalue weighted by atomic mass is 9.99. The molecule has 0 saturated carbocycles. The molecule has 2 rings (SSSR count). The van der Waals surface area contributed by atoms with Gasteiger partial charge in [-0.05, 0) is 43.0 Å². The summed E-state index contributed by atoms with van der Waals surface area (Å²) in [5.74, 6) is 1.55. The first-order valence-electron chi connectivity index (χ1n) is 6.24. The first-order chi connectivity index (χ1) is 8.61. The summed E-state index contributed by atoms with van der Waals surface area (Å²) in [5.41, 5.74) is 6.47. The quantitative estimate of drug-likeness (QED) is 0.818.